The summed E-state index contributed by atoms with van der Waals surface area (Å²) in [5.74, 6) is -1.27. The second-order valence-corrected chi connectivity index (χ2v) is 7.04. The molecule has 0 bridgehead atoms. The van der Waals surface area contributed by atoms with Crippen molar-refractivity contribution in [3.8, 4) is 0 Å². The summed E-state index contributed by atoms with van der Waals surface area (Å²) in [6.07, 6.45) is 1.64. The summed E-state index contributed by atoms with van der Waals surface area (Å²) in [6.45, 7) is 0. The van der Waals surface area contributed by atoms with Crippen LogP contribution in [0.25, 0.3) is 6.08 Å². The number of nitrogens with zero attached hydrogens (tertiary/aromatic N) is 1. The van der Waals surface area contributed by atoms with E-state index in [-0.39, 0.29) is 11.5 Å². The Balaban J connectivity index is 1.94. The molecule has 1 N–H and O–H groups in total. The van der Waals surface area contributed by atoms with Crippen LogP contribution in [0.1, 0.15) is 15.9 Å². The number of carbonyl (C=O) groups is 2. The van der Waals surface area contributed by atoms with Gasteiger partial charge in [-0.05, 0) is 42.0 Å². The van der Waals surface area contributed by atoms with Gasteiger partial charge in [-0.3, -0.25) is 9.69 Å². The number of aromatic carboxylic acids is 1. The SMILES string of the molecule is O=C(O)c1cccc(/C=C2/SC(=S)N(c3cccc(Cl)c3)C2=O)c1. The van der Waals surface area contributed by atoms with E-state index >= 15 is 0 Å². The van der Waals surface area contributed by atoms with Gasteiger partial charge in [0.05, 0.1) is 16.2 Å². The van der Waals surface area contributed by atoms with Crippen molar-refractivity contribution in [3.63, 3.8) is 0 Å². The van der Waals surface area contributed by atoms with Crippen LogP contribution in [-0.4, -0.2) is 21.3 Å². The first-order valence-electron chi connectivity index (χ1n) is 6.82. The van der Waals surface area contributed by atoms with Gasteiger partial charge in [-0.2, -0.15) is 0 Å². The Morgan fingerprint density at radius 1 is 1.21 bits per heavy atom. The van der Waals surface area contributed by atoms with Crippen LogP contribution in [0.4, 0.5) is 5.69 Å². The molecule has 1 fully saturated rings. The summed E-state index contributed by atoms with van der Waals surface area (Å²) in [5, 5.41) is 9.56. The second-order valence-electron chi connectivity index (χ2n) is 4.93. The van der Waals surface area contributed by atoms with Crippen LogP contribution < -0.4 is 4.90 Å². The van der Waals surface area contributed by atoms with Crippen LogP contribution in [0.15, 0.2) is 53.4 Å². The summed E-state index contributed by atoms with van der Waals surface area (Å²) >= 11 is 12.4. The molecular weight excluding hydrogens is 366 g/mol. The molecule has 1 amide bonds. The third kappa shape index (κ3) is 3.36. The molecule has 0 saturated carbocycles. The van der Waals surface area contributed by atoms with E-state index in [4.69, 9.17) is 28.9 Å². The van der Waals surface area contributed by atoms with Gasteiger partial charge in [0.1, 0.15) is 0 Å². The highest BCUT2D eigenvalue weighted by Gasteiger charge is 2.33. The van der Waals surface area contributed by atoms with Crippen molar-refractivity contribution in [2.24, 2.45) is 0 Å². The summed E-state index contributed by atoms with van der Waals surface area (Å²) in [6, 6.07) is 13.3. The molecule has 4 nitrogen and oxygen atoms in total. The Morgan fingerprint density at radius 2 is 1.96 bits per heavy atom. The number of benzene rings is 2. The Bertz CT molecular complexity index is 895. The molecule has 0 atom stereocenters. The van der Waals surface area contributed by atoms with E-state index in [0.29, 0.717) is 25.5 Å². The number of thiocarbonyl (C=S) groups is 1. The average Bonchev–Trinajstić information content (AvgIpc) is 2.81. The van der Waals surface area contributed by atoms with E-state index in [0.717, 1.165) is 0 Å². The Morgan fingerprint density at radius 3 is 2.67 bits per heavy atom. The van der Waals surface area contributed by atoms with E-state index in [9.17, 15) is 9.59 Å². The highest BCUT2D eigenvalue weighted by molar-refractivity contribution is 8.27. The van der Waals surface area contributed by atoms with Gasteiger partial charge < -0.3 is 5.11 Å². The van der Waals surface area contributed by atoms with Crippen molar-refractivity contribution in [1.82, 2.24) is 0 Å². The normalized spacial score (nSPS) is 16.0. The van der Waals surface area contributed by atoms with Crippen LogP contribution in [0.3, 0.4) is 0 Å². The number of hydrogen-bond donors (Lipinski definition) is 1. The van der Waals surface area contributed by atoms with Crippen LogP contribution in [0, 0.1) is 0 Å². The molecule has 0 radical (unpaired) electrons. The van der Waals surface area contributed by atoms with E-state index in [1.54, 1.807) is 42.5 Å². The summed E-state index contributed by atoms with van der Waals surface area (Å²) in [4.78, 5) is 25.5. The molecule has 1 aliphatic heterocycles. The van der Waals surface area contributed by atoms with Crippen molar-refractivity contribution in [1.29, 1.82) is 0 Å². The Hall–Kier alpha value is -2.15. The molecule has 1 aliphatic rings. The van der Waals surface area contributed by atoms with Crippen LogP contribution in [-0.2, 0) is 4.79 Å². The van der Waals surface area contributed by atoms with Gasteiger partial charge in [0.2, 0.25) is 0 Å². The third-order valence-corrected chi connectivity index (χ3v) is 4.83. The van der Waals surface area contributed by atoms with Crippen molar-refractivity contribution in [3.05, 3.63) is 69.6 Å². The standard InChI is InChI=1S/C17H10ClNO3S2/c18-12-5-2-6-13(9-12)19-15(20)14(24-17(19)23)8-10-3-1-4-11(7-10)16(21)22/h1-9H,(H,21,22)/b14-8+. The number of halogens is 1. The average molecular weight is 376 g/mol. The Labute approximate surface area is 152 Å². The lowest BCUT2D eigenvalue weighted by Gasteiger charge is -2.14. The molecule has 3 rings (SSSR count). The molecule has 1 heterocycles. The van der Waals surface area contributed by atoms with E-state index in [2.05, 4.69) is 0 Å². The lowest BCUT2D eigenvalue weighted by atomic mass is 10.1. The molecule has 0 aliphatic carbocycles. The van der Waals surface area contributed by atoms with E-state index in [1.807, 2.05) is 0 Å². The van der Waals surface area contributed by atoms with Crippen LogP contribution in [0.2, 0.25) is 5.02 Å². The first kappa shape index (κ1) is 16.7. The number of anilines is 1. The minimum absolute atomic E-state index is 0.161. The minimum Gasteiger partial charge on any atom is -0.478 e. The Kier molecular flexibility index (Phi) is 4.71. The molecule has 7 heteroatoms. The topological polar surface area (TPSA) is 57.6 Å². The van der Waals surface area contributed by atoms with Gasteiger partial charge in [0.25, 0.3) is 5.91 Å². The number of carboxylic acid groups (broad SMARTS) is 1. The lowest BCUT2D eigenvalue weighted by molar-refractivity contribution is -0.113. The molecule has 0 unspecified atom stereocenters. The molecule has 24 heavy (non-hydrogen) atoms. The molecule has 2 aromatic rings. The predicted octanol–water partition coefficient (Wildman–Crippen LogP) is 4.44. The highest BCUT2D eigenvalue weighted by atomic mass is 35.5. The van der Waals surface area contributed by atoms with Crippen molar-refractivity contribution in [2.45, 2.75) is 0 Å². The number of hydrogen-bond acceptors (Lipinski definition) is 4. The minimum atomic E-state index is -1.02. The third-order valence-electron chi connectivity index (χ3n) is 3.29. The fraction of sp³-hybridized carbons (Fsp3) is 0. The first-order chi connectivity index (χ1) is 11.5. The van der Waals surface area contributed by atoms with Gasteiger partial charge in [-0.1, -0.05) is 53.8 Å². The maximum absolute atomic E-state index is 12.6. The number of carbonyl (C=O) groups excluding carboxylic acids is 1. The van der Waals surface area contributed by atoms with Gasteiger partial charge in [0.15, 0.2) is 4.32 Å². The quantitative estimate of drug-likeness (QED) is 0.634. The summed E-state index contributed by atoms with van der Waals surface area (Å²) in [5.41, 5.74) is 1.39. The van der Waals surface area contributed by atoms with E-state index < -0.39 is 5.97 Å². The fourth-order valence-electron chi connectivity index (χ4n) is 2.22. The van der Waals surface area contributed by atoms with E-state index in [1.165, 1.54) is 28.8 Å². The number of thioether (sulfide) groups is 1. The van der Waals surface area contributed by atoms with Crippen molar-refractivity contribution in [2.75, 3.05) is 4.90 Å². The van der Waals surface area contributed by atoms with Crippen LogP contribution >= 0.6 is 35.6 Å². The molecule has 1 saturated heterocycles. The lowest BCUT2D eigenvalue weighted by Crippen LogP contribution is -2.27. The molecule has 120 valence electrons. The maximum Gasteiger partial charge on any atom is 0.335 e. The van der Waals surface area contributed by atoms with Gasteiger partial charge in [-0.25, -0.2) is 4.79 Å². The zero-order valence-electron chi connectivity index (χ0n) is 12.1. The summed E-state index contributed by atoms with van der Waals surface area (Å²) in [7, 11) is 0. The second kappa shape index (κ2) is 6.76. The van der Waals surface area contributed by atoms with Crippen molar-refractivity contribution < 1.29 is 14.7 Å². The predicted molar refractivity (Wildman–Crippen MR) is 101 cm³/mol. The van der Waals surface area contributed by atoms with Gasteiger partial charge in [0, 0.05) is 5.02 Å². The summed E-state index contributed by atoms with van der Waals surface area (Å²) < 4.78 is 0.405. The monoisotopic (exact) mass is 375 g/mol. The molecule has 0 aromatic heterocycles. The number of amides is 1. The van der Waals surface area contributed by atoms with Gasteiger partial charge in [-0.15, -0.1) is 0 Å². The van der Waals surface area contributed by atoms with Crippen molar-refractivity contribution >= 4 is 63.5 Å². The largest absolute Gasteiger partial charge is 0.478 e. The van der Waals surface area contributed by atoms with Gasteiger partial charge >= 0.3 is 5.97 Å². The number of carboxylic acids is 1. The zero-order valence-corrected chi connectivity index (χ0v) is 14.5. The highest BCUT2D eigenvalue weighted by Crippen LogP contribution is 2.36. The molecular formula is C17H10ClNO3S2. The number of rotatable bonds is 3. The molecule has 0 spiro atoms. The van der Waals surface area contributed by atoms with Crippen LogP contribution in [0.5, 0.6) is 0 Å². The molecule has 2 aromatic carbocycles. The fourth-order valence-corrected chi connectivity index (χ4v) is 3.70. The smallest absolute Gasteiger partial charge is 0.335 e. The maximum atomic E-state index is 12.6. The first-order valence-corrected chi connectivity index (χ1v) is 8.43. The zero-order chi connectivity index (χ0) is 17.3.